The van der Waals surface area contributed by atoms with Crippen molar-refractivity contribution in [2.75, 3.05) is 12.8 Å². The Kier molecular flexibility index (Phi) is 4.46. The summed E-state index contributed by atoms with van der Waals surface area (Å²) in [5, 5.41) is 10.4. The zero-order valence-corrected chi connectivity index (χ0v) is 13.6. The molecule has 3 rings (SSSR count). The van der Waals surface area contributed by atoms with Crippen molar-refractivity contribution in [2.24, 2.45) is 0 Å². The van der Waals surface area contributed by atoms with Crippen LogP contribution in [-0.2, 0) is 4.79 Å². The minimum atomic E-state index is -0.650. The van der Waals surface area contributed by atoms with Gasteiger partial charge in [0, 0.05) is 12.6 Å². The number of amides is 1. The van der Waals surface area contributed by atoms with Crippen LogP contribution >= 0.6 is 11.8 Å². The van der Waals surface area contributed by atoms with E-state index in [4.69, 9.17) is 0 Å². The molecule has 1 aromatic carbocycles. The molecule has 0 bridgehead atoms. The lowest BCUT2D eigenvalue weighted by atomic mass is 10.0. The van der Waals surface area contributed by atoms with Gasteiger partial charge in [-0.3, -0.25) is 4.79 Å². The van der Waals surface area contributed by atoms with Gasteiger partial charge in [-0.05, 0) is 56.1 Å². The summed E-state index contributed by atoms with van der Waals surface area (Å²) >= 11 is 1.66. The van der Waals surface area contributed by atoms with Gasteiger partial charge in [0.05, 0.1) is 10.9 Å². The van der Waals surface area contributed by atoms with Crippen molar-refractivity contribution < 1.29 is 14.3 Å². The summed E-state index contributed by atoms with van der Waals surface area (Å²) in [7, 11) is 0. The normalized spacial score (nSPS) is 24.3. The summed E-state index contributed by atoms with van der Waals surface area (Å²) < 4.78 is 12.8. The molecule has 2 atom stereocenters. The van der Waals surface area contributed by atoms with Crippen LogP contribution in [0.4, 0.5) is 4.39 Å². The number of likely N-dealkylation sites (tertiary alicyclic amines) is 1. The first kappa shape index (κ1) is 15.8. The fourth-order valence-corrected chi connectivity index (χ4v) is 4.11. The van der Waals surface area contributed by atoms with E-state index in [2.05, 4.69) is 0 Å². The lowest BCUT2D eigenvalue weighted by Gasteiger charge is -2.29. The third-order valence-electron chi connectivity index (χ3n) is 4.87. The van der Waals surface area contributed by atoms with Crippen LogP contribution in [-0.4, -0.2) is 39.5 Å². The highest BCUT2D eigenvalue weighted by atomic mass is 32.2. The van der Waals surface area contributed by atoms with Gasteiger partial charge in [-0.1, -0.05) is 12.1 Å². The van der Waals surface area contributed by atoms with Gasteiger partial charge in [-0.25, -0.2) is 4.39 Å². The summed E-state index contributed by atoms with van der Waals surface area (Å²) in [6.45, 7) is 0.794. The van der Waals surface area contributed by atoms with Gasteiger partial charge >= 0.3 is 0 Å². The molecule has 1 aromatic rings. The van der Waals surface area contributed by atoms with Crippen LogP contribution in [0.2, 0.25) is 0 Å². The van der Waals surface area contributed by atoms with E-state index < -0.39 is 6.10 Å². The van der Waals surface area contributed by atoms with Crippen LogP contribution < -0.4 is 0 Å². The van der Waals surface area contributed by atoms with Gasteiger partial charge < -0.3 is 10.0 Å². The van der Waals surface area contributed by atoms with E-state index in [1.807, 2.05) is 11.2 Å². The van der Waals surface area contributed by atoms with Crippen molar-refractivity contribution >= 4 is 17.7 Å². The maximum atomic E-state index is 13.0. The summed E-state index contributed by atoms with van der Waals surface area (Å²) in [5.74, 6) is -0.0573. The highest BCUT2D eigenvalue weighted by molar-refractivity contribution is 8.01. The number of thioether (sulfide) groups is 1. The molecule has 1 aliphatic heterocycles. The Morgan fingerprint density at radius 2 is 2.14 bits per heavy atom. The molecule has 0 spiro atoms. The summed E-state index contributed by atoms with van der Waals surface area (Å²) in [6, 6.07) is 6.06. The van der Waals surface area contributed by atoms with E-state index in [0.29, 0.717) is 12.0 Å². The monoisotopic (exact) mass is 323 g/mol. The van der Waals surface area contributed by atoms with Crippen molar-refractivity contribution in [1.29, 1.82) is 0 Å². The number of aliphatic hydroxyl groups excluding tert-OH is 1. The Bertz CT molecular complexity index is 544. The lowest BCUT2D eigenvalue weighted by Crippen LogP contribution is -2.42. The quantitative estimate of drug-likeness (QED) is 0.905. The van der Waals surface area contributed by atoms with Crippen molar-refractivity contribution in [3.05, 3.63) is 35.6 Å². The van der Waals surface area contributed by atoms with Gasteiger partial charge in [0.1, 0.15) is 5.82 Å². The van der Waals surface area contributed by atoms with Crippen LogP contribution in [0.5, 0.6) is 0 Å². The van der Waals surface area contributed by atoms with Crippen LogP contribution in [0.25, 0.3) is 0 Å². The van der Waals surface area contributed by atoms with Crippen molar-refractivity contribution in [1.82, 2.24) is 4.90 Å². The Morgan fingerprint density at radius 3 is 2.73 bits per heavy atom. The molecule has 120 valence electrons. The largest absolute Gasteiger partial charge is 0.388 e. The topological polar surface area (TPSA) is 40.5 Å². The van der Waals surface area contributed by atoms with Crippen LogP contribution in [0, 0.1) is 5.82 Å². The van der Waals surface area contributed by atoms with Crippen molar-refractivity contribution in [2.45, 2.75) is 49.0 Å². The molecule has 1 saturated carbocycles. The Balaban J connectivity index is 1.66. The zero-order chi connectivity index (χ0) is 15.7. The number of aliphatic hydroxyl groups is 1. The van der Waals surface area contributed by atoms with Crippen LogP contribution in [0.3, 0.4) is 0 Å². The molecule has 5 heteroatoms. The molecular weight excluding hydrogens is 301 g/mol. The molecule has 0 aromatic heterocycles. The fourth-order valence-electron chi connectivity index (χ4n) is 3.31. The zero-order valence-electron chi connectivity index (χ0n) is 12.8. The Labute approximate surface area is 134 Å². The molecule has 1 aliphatic carbocycles. The Hall–Kier alpha value is -1.07. The molecule has 1 saturated heterocycles. The van der Waals surface area contributed by atoms with E-state index in [1.54, 1.807) is 23.9 Å². The summed E-state index contributed by atoms with van der Waals surface area (Å²) in [5.41, 5.74) is 0.715. The smallest absolute Gasteiger partial charge is 0.239 e. The average Bonchev–Trinajstić information content (AvgIpc) is 3.20. The van der Waals surface area contributed by atoms with Crippen molar-refractivity contribution in [3.8, 4) is 0 Å². The fraction of sp³-hybridized carbons (Fsp3) is 0.588. The van der Waals surface area contributed by atoms with Gasteiger partial charge in [0.25, 0.3) is 0 Å². The van der Waals surface area contributed by atoms with Gasteiger partial charge in [-0.15, -0.1) is 11.8 Å². The third-order valence-corrected chi connectivity index (χ3v) is 6.24. The second-order valence-electron chi connectivity index (χ2n) is 6.30. The maximum Gasteiger partial charge on any atom is 0.239 e. The molecule has 1 heterocycles. The Morgan fingerprint density at radius 1 is 1.45 bits per heavy atom. The summed E-state index contributed by atoms with van der Waals surface area (Å²) in [4.78, 5) is 14.7. The molecule has 1 N–H and O–H groups in total. The first-order chi connectivity index (χ1) is 10.6. The van der Waals surface area contributed by atoms with E-state index in [0.717, 1.165) is 32.2 Å². The summed E-state index contributed by atoms with van der Waals surface area (Å²) in [6.07, 6.45) is 5.76. The minimum absolute atomic E-state index is 0.0946. The predicted molar refractivity (Wildman–Crippen MR) is 86.2 cm³/mol. The number of carbonyl (C=O) groups is 1. The molecule has 3 nitrogen and oxygen atoms in total. The molecule has 0 radical (unpaired) electrons. The predicted octanol–water partition coefficient (Wildman–Crippen LogP) is 3.14. The SMILES string of the molecule is CSC1(C(=O)N2CCCC2CC(O)c2ccc(F)cc2)CC1. The van der Waals surface area contributed by atoms with Crippen LogP contribution in [0.15, 0.2) is 24.3 Å². The minimum Gasteiger partial charge on any atom is -0.388 e. The van der Waals surface area contributed by atoms with E-state index in [9.17, 15) is 14.3 Å². The first-order valence-corrected chi connectivity index (χ1v) is 9.08. The highest BCUT2D eigenvalue weighted by Gasteiger charge is 2.52. The van der Waals surface area contributed by atoms with Crippen LogP contribution in [0.1, 0.15) is 43.8 Å². The second-order valence-corrected chi connectivity index (χ2v) is 7.49. The van der Waals surface area contributed by atoms with Gasteiger partial charge in [0.2, 0.25) is 5.91 Å². The van der Waals surface area contributed by atoms with Crippen molar-refractivity contribution in [3.63, 3.8) is 0 Å². The molecular formula is C17H22FNO2S. The number of hydrogen-bond acceptors (Lipinski definition) is 3. The first-order valence-electron chi connectivity index (χ1n) is 7.85. The highest BCUT2D eigenvalue weighted by Crippen LogP contribution is 2.49. The number of halogens is 1. The number of rotatable bonds is 5. The number of hydrogen-bond donors (Lipinski definition) is 1. The molecule has 2 aliphatic rings. The molecule has 2 fully saturated rings. The van der Waals surface area contributed by atoms with Gasteiger partial charge in [-0.2, -0.15) is 0 Å². The number of nitrogens with zero attached hydrogens (tertiary/aromatic N) is 1. The van der Waals surface area contributed by atoms with E-state index in [-0.39, 0.29) is 22.5 Å². The number of carbonyl (C=O) groups excluding carboxylic acids is 1. The lowest BCUT2D eigenvalue weighted by molar-refractivity contribution is -0.132. The maximum absolute atomic E-state index is 13.0. The van der Waals surface area contributed by atoms with Gasteiger partial charge in [0.15, 0.2) is 0 Å². The van der Waals surface area contributed by atoms with E-state index >= 15 is 0 Å². The standard InChI is InChI=1S/C17H22FNO2S/c1-22-17(8-9-17)16(21)19-10-2-3-14(19)11-15(20)12-4-6-13(18)7-5-12/h4-7,14-15,20H,2-3,8-11H2,1H3. The molecule has 2 unspecified atom stereocenters. The molecule has 22 heavy (non-hydrogen) atoms. The van der Waals surface area contributed by atoms with E-state index in [1.165, 1.54) is 12.1 Å². The molecule has 1 amide bonds. The average molecular weight is 323 g/mol. The number of benzene rings is 1. The second kappa shape index (κ2) is 6.20. The third kappa shape index (κ3) is 3.01.